The lowest BCUT2D eigenvalue weighted by molar-refractivity contribution is 0.712. The van der Waals surface area contributed by atoms with Crippen LogP contribution < -0.4 is 0 Å². The van der Waals surface area contributed by atoms with E-state index in [0.29, 0.717) is 0 Å². The van der Waals surface area contributed by atoms with E-state index in [1.165, 1.54) is 53.5 Å². The third kappa shape index (κ3) is 3.46. The maximum atomic E-state index is 2.56. The highest BCUT2D eigenvalue weighted by Crippen LogP contribution is 2.45. The van der Waals surface area contributed by atoms with Gasteiger partial charge in [0, 0.05) is 0 Å². The van der Waals surface area contributed by atoms with Crippen molar-refractivity contribution in [3.05, 3.63) is 83.4 Å². The Morgan fingerprint density at radius 1 is 0.704 bits per heavy atom. The van der Waals surface area contributed by atoms with Gasteiger partial charge in [-0.05, 0) is 70.5 Å². The topological polar surface area (TPSA) is 0 Å². The van der Waals surface area contributed by atoms with Crippen LogP contribution >= 0.6 is 0 Å². The van der Waals surface area contributed by atoms with Crippen molar-refractivity contribution in [1.82, 2.24) is 0 Å². The highest BCUT2D eigenvalue weighted by Gasteiger charge is 2.25. The molecule has 1 aliphatic rings. The first-order chi connectivity index (χ1) is 13.3. The second-order valence-electron chi connectivity index (χ2n) is 7.77. The lowest BCUT2D eigenvalue weighted by Gasteiger charge is -2.25. The average Bonchev–Trinajstić information content (AvgIpc) is 3.28. The molecule has 0 N–H and O–H groups in total. The van der Waals surface area contributed by atoms with Crippen LogP contribution in [0.15, 0.2) is 66.7 Å². The summed E-state index contributed by atoms with van der Waals surface area (Å²) in [5.41, 5.74) is 10.3. The maximum absolute atomic E-state index is 2.56. The van der Waals surface area contributed by atoms with Crippen LogP contribution in [-0.2, 0) is 12.8 Å². The molecule has 27 heavy (non-hydrogen) atoms. The first-order valence-corrected chi connectivity index (χ1v) is 10.6. The molecular weight excluding hydrogens is 324 g/mol. The highest BCUT2D eigenvalue weighted by molar-refractivity contribution is 5.89. The molecule has 3 aromatic carbocycles. The number of aryl methyl sites for hydroxylation is 1. The number of benzene rings is 3. The largest absolute Gasteiger partial charge is 0.0622 e. The summed E-state index contributed by atoms with van der Waals surface area (Å²) in [5, 5.41) is 0. The Kier molecular flexibility index (Phi) is 5.43. The van der Waals surface area contributed by atoms with Crippen molar-refractivity contribution in [3.63, 3.8) is 0 Å². The second-order valence-corrected chi connectivity index (χ2v) is 7.77. The Balaban J connectivity index is 2.05. The van der Waals surface area contributed by atoms with Gasteiger partial charge in [0.25, 0.3) is 0 Å². The van der Waals surface area contributed by atoms with Crippen LogP contribution in [0.25, 0.3) is 22.3 Å². The second kappa shape index (κ2) is 8.13. The van der Waals surface area contributed by atoms with Crippen molar-refractivity contribution in [2.45, 2.75) is 58.3 Å². The van der Waals surface area contributed by atoms with Gasteiger partial charge in [-0.15, -0.1) is 0 Å². The van der Waals surface area contributed by atoms with E-state index in [1.54, 1.807) is 11.1 Å². The van der Waals surface area contributed by atoms with Crippen LogP contribution in [0.4, 0.5) is 0 Å². The predicted octanol–water partition coefficient (Wildman–Crippen LogP) is 7.80. The molecule has 4 rings (SSSR count). The van der Waals surface area contributed by atoms with Gasteiger partial charge in [-0.2, -0.15) is 0 Å². The fourth-order valence-corrected chi connectivity index (χ4v) is 4.92. The summed E-state index contributed by atoms with van der Waals surface area (Å²) in [6.07, 6.45) is 7.66. The van der Waals surface area contributed by atoms with E-state index in [1.807, 2.05) is 0 Å². The van der Waals surface area contributed by atoms with Gasteiger partial charge in [-0.25, -0.2) is 0 Å². The summed E-state index contributed by atoms with van der Waals surface area (Å²) in [7, 11) is 0. The third-order valence-electron chi connectivity index (χ3n) is 6.21. The average molecular weight is 355 g/mol. The Hall–Kier alpha value is -2.34. The molecular formula is C27H30. The molecule has 0 heterocycles. The lowest BCUT2D eigenvalue weighted by atomic mass is 9.79. The Labute approximate surface area is 164 Å². The number of rotatable bonds is 5. The molecule has 0 radical (unpaired) electrons. The zero-order valence-corrected chi connectivity index (χ0v) is 16.7. The van der Waals surface area contributed by atoms with Crippen LogP contribution in [0.3, 0.4) is 0 Å². The zero-order chi connectivity index (χ0) is 18.6. The Morgan fingerprint density at radius 2 is 1.26 bits per heavy atom. The van der Waals surface area contributed by atoms with E-state index >= 15 is 0 Å². The predicted molar refractivity (Wildman–Crippen MR) is 117 cm³/mol. The van der Waals surface area contributed by atoms with Gasteiger partial charge in [0.1, 0.15) is 0 Å². The molecule has 0 atom stereocenters. The maximum Gasteiger partial charge on any atom is -0.00678 e. The first-order valence-electron chi connectivity index (χ1n) is 10.6. The van der Waals surface area contributed by atoms with Crippen molar-refractivity contribution < 1.29 is 0 Å². The SMILES string of the molecule is CCc1cc(C2CCCC2)c(CC)c(-c2ccccc2)c1-c1ccccc1. The van der Waals surface area contributed by atoms with E-state index in [-0.39, 0.29) is 0 Å². The van der Waals surface area contributed by atoms with Crippen LogP contribution in [0, 0.1) is 0 Å². The summed E-state index contributed by atoms with van der Waals surface area (Å²) >= 11 is 0. The van der Waals surface area contributed by atoms with Gasteiger partial charge >= 0.3 is 0 Å². The van der Waals surface area contributed by atoms with Gasteiger partial charge in [-0.3, -0.25) is 0 Å². The molecule has 1 fully saturated rings. The van der Waals surface area contributed by atoms with Gasteiger partial charge in [-0.1, -0.05) is 93.4 Å². The molecule has 0 bridgehead atoms. The number of hydrogen-bond acceptors (Lipinski definition) is 0. The molecule has 0 unspecified atom stereocenters. The van der Waals surface area contributed by atoms with E-state index in [2.05, 4.69) is 80.6 Å². The molecule has 1 aliphatic carbocycles. The van der Waals surface area contributed by atoms with Crippen LogP contribution in [0.2, 0.25) is 0 Å². The minimum atomic E-state index is 0.748. The van der Waals surface area contributed by atoms with Crippen molar-refractivity contribution in [2.75, 3.05) is 0 Å². The summed E-state index contributed by atoms with van der Waals surface area (Å²) in [5.74, 6) is 0.748. The molecule has 0 spiro atoms. The Morgan fingerprint density at radius 3 is 1.78 bits per heavy atom. The molecule has 0 nitrogen and oxygen atoms in total. The van der Waals surface area contributed by atoms with E-state index < -0.39 is 0 Å². The molecule has 0 amide bonds. The fraction of sp³-hybridized carbons (Fsp3) is 0.333. The van der Waals surface area contributed by atoms with Crippen molar-refractivity contribution in [3.8, 4) is 22.3 Å². The summed E-state index contributed by atoms with van der Waals surface area (Å²) in [6.45, 7) is 4.64. The van der Waals surface area contributed by atoms with Crippen molar-refractivity contribution >= 4 is 0 Å². The normalized spacial score (nSPS) is 14.6. The molecule has 0 aromatic heterocycles. The van der Waals surface area contributed by atoms with E-state index in [4.69, 9.17) is 0 Å². The van der Waals surface area contributed by atoms with Gasteiger partial charge in [0.15, 0.2) is 0 Å². The smallest absolute Gasteiger partial charge is 0.00678 e. The van der Waals surface area contributed by atoms with Gasteiger partial charge in [0.2, 0.25) is 0 Å². The van der Waals surface area contributed by atoms with Crippen molar-refractivity contribution in [1.29, 1.82) is 0 Å². The molecule has 0 saturated heterocycles. The van der Waals surface area contributed by atoms with Gasteiger partial charge < -0.3 is 0 Å². The van der Waals surface area contributed by atoms with E-state index in [9.17, 15) is 0 Å². The van der Waals surface area contributed by atoms with Gasteiger partial charge in [0.05, 0.1) is 0 Å². The summed E-state index contributed by atoms with van der Waals surface area (Å²) < 4.78 is 0. The molecule has 0 aliphatic heterocycles. The quantitative estimate of drug-likeness (QED) is 0.438. The van der Waals surface area contributed by atoms with E-state index in [0.717, 1.165) is 18.8 Å². The van der Waals surface area contributed by atoms with Crippen LogP contribution in [-0.4, -0.2) is 0 Å². The highest BCUT2D eigenvalue weighted by atomic mass is 14.3. The minimum absolute atomic E-state index is 0.748. The van der Waals surface area contributed by atoms with Crippen LogP contribution in [0.5, 0.6) is 0 Å². The Bertz CT molecular complexity index is 884. The number of hydrogen-bond donors (Lipinski definition) is 0. The summed E-state index contributed by atoms with van der Waals surface area (Å²) in [4.78, 5) is 0. The molecule has 138 valence electrons. The van der Waals surface area contributed by atoms with Crippen molar-refractivity contribution in [2.24, 2.45) is 0 Å². The third-order valence-corrected chi connectivity index (χ3v) is 6.21. The van der Waals surface area contributed by atoms with Crippen LogP contribution in [0.1, 0.15) is 62.1 Å². The monoisotopic (exact) mass is 354 g/mol. The molecule has 1 saturated carbocycles. The minimum Gasteiger partial charge on any atom is -0.0622 e. The fourth-order valence-electron chi connectivity index (χ4n) is 4.92. The standard InChI is InChI=1S/C27H30/c1-3-20-19-25(21-13-11-12-14-21)24(4-2)27(23-17-9-6-10-18-23)26(20)22-15-7-5-8-16-22/h5-10,15-19,21H,3-4,11-14H2,1-2H3. The molecule has 3 aromatic rings. The lowest BCUT2D eigenvalue weighted by Crippen LogP contribution is -2.06. The first kappa shape index (κ1) is 18.0. The summed E-state index contributed by atoms with van der Waals surface area (Å²) in [6, 6.07) is 24.6. The molecule has 0 heteroatoms. The zero-order valence-electron chi connectivity index (χ0n) is 16.7.